The zero-order chi connectivity index (χ0) is 17.0. The number of ether oxygens (including phenoxy) is 1. The minimum atomic E-state index is -0.173. The summed E-state index contributed by atoms with van der Waals surface area (Å²) in [7, 11) is 0. The molecule has 22 heavy (non-hydrogen) atoms. The minimum Gasteiger partial charge on any atom is -0.381 e. The Morgan fingerprint density at radius 3 is 2.36 bits per heavy atom. The SMILES string of the molecule is CC.CCCCOCCC.Cc1nc2c(C)c(F)ccc2s1. The van der Waals surface area contributed by atoms with Gasteiger partial charge in [0.2, 0.25) is 0 Å². The number of benzene rings is 1. The van der Waals surface area contributed by atoms with Gasteiger partial charge in [0, 0.05) is 18.8 Å². The van der Waals surface area contributed by atoms with Gasteiger partial charge in [-0.3, -0.25) is 0 Å². The van der Waals surface area contributed by atoms with Gasteiger partial charge in [-0.25, -0.2) is 9.37 Å². The zero-order valence-electron chi connectivity index (χ0n) is 14.8. The summed E-state index contributed by atoms with van der Waals surface area (Å²) >= 11 is 1.60. The van der Waals surface area contributed by atoms with E-state index in [9.17, 15) is 4.39 Å². The summed E-state index contributed by atoms with van der Waals surface area (Å²) < 4.78 is 19.3. The predicted molar refractivity (Wildman–Crippen MR) is 96.4 cm³/mol. The van der Waals surface area contributed by atoms with E-state index in [1.165, 1.54) is 18.9 Å². The van der Waals surface area contributed by atoms with Gasteiger partial charge in [-0.05, 0) is 38.8 Å². The van der Waals surface area contributed by atoms with E-state index in [2.05, 4.69) is 18.8 Å². The molecular weight excluding hydrogens is 297 g/mol. The summed E-state index contributed by atoms with van der Waals surface area (Å²) in [5.74, 6) is -0.173. The van der Waals surface area contributed by atoms with Crippen molar-refractivity contribution in [3.8, 4) is 0 Å². The van der Waals surface area contributed by atoms with Crippen molar-refractivity contribution in [3.63, 3.8) is 0 Å². The number of hydrogen-bond donors (Lipinski definition) is 0. The first-order chi connectivity index (χ1) is 10.6. The van der Waals surface area contributed by atoms with Crippen LogP contribution in [0.15, 0.2) is 12.1 Å². The summed E-state index contributed by atoms with van der Waals surface area (Å²) in [5, 5.41) is 0.985. The van der Waals surface area contributed by atoms with E-state index in [-0.39, 0.29) is 5.82 Å². The monoisotopic (exact) mass is 327 g/mol. The normalized spacial score (nSPS) is 9.77. The van der Waals surface area contributed by atoms with Crippen LogP contribution in [0.1, 0.15) is 57.5 Å². The summed E-state index contributed by atoms with van der Waals surface area (Å²) in [4.78, 5) is 4.25. The van der Waals surface area contributed by atoms with Crippen molar-refractivity contribution >= 4 is 21.6 Å². The highest BCUT2D eigenvalue weighted by Gasteiger charge is 2.06. The first-order valence-corrected chi connectivity index (χ1v) is 9.01. The standard InChI is InChI=1S/C9H8FNS.C7H16O.C2H6/c1-5-7(10)3-4-8-9(5)11-6(2)12-8;1-3-5-7-8-6-4-2;1-2/h3-4H,1-2H3;3-7H2,1-2H3;1-2H3. The molecule has 0 saturated heterocycles. The van der Waals surface area contributed by atoms with Crippen LogP contribution < -0.4 is 0 Å². The van der Waals surface area contributed by atoms with Gasteiger partial charge < -0.3 is 4.74 Å². The molecule has 0 N–H and O–H groups in total. The van der Waals surface area contributed by atoms with Crippen LogP contribution >= 0.6 is 11.3 Å². The van der Waals surface area contributed by atoms with Gasteiger partial charge in [-0.2, -0.15) is 0 Å². The highest BCUT2D eigenvalue weighted by molar-refractivity contribution is 7.18. The van der Waals surface area contributed by atoms with Gasteiger partial charge in [0.15, 0.2) is 0 Å². The van der Waals surface area contributed by atoms with Gasteiger partial charge in [0.25, 0.3) is 0 Å². The molecular formula is C18H30FNOS. The second-order valence-electron chi connectivity index (χ2n) is 4.72. The third kappa shape index (κ3) is 7.32. The zero-order valence-corrected chi connectivity index (χ0v) is 15.6. The molecule has 1 aromatic heterocycles. The molecule has 0 bridgehead atoms. The topological polar surface area (TPSA) is 22.1 Å². The lowest BCUT2D eigenvalue weighted by Crippen LogP contribution is -1.93. The number of fused-ring (bicyclic) bond motifs is 1. The number of nitrogens with zero attached hydrogens (tertiary/aromatic N) is 1. The molecule has 1 aromatic carbocycles. The molecule has 0 spiro atoms. The van der Waals surface area contributed by atoms with Crippen molar-refractivity contribution in [3.05, 3.63) is 28.5 Å². The van der Waals surface area contributed by atoms with Gasteiger partial charge in [-0.1, -0.05) is 34.1 Å². The summed E-state index contributed by atoms with van der Waals surface area (Å²) in [5.41, 5.74) is 1.45. The maximum Gasteiger partial charge on any atom is 0.128 e. The molecule has 0 aliphatic rings. The van der Waals surface area contributed by atoms with Crippen LogP contribution in [-0.2, 0) is 4.74 Å². The molecule has 0 amide bonds. The van der Waals surface area contributed by atoms with Crippen molar-refractivity contribution in [2.45, 2.75) is 60.8 Å². The molecule has 0 atom stereocenters. The van der Waals surface area contributed by atoms with E-state index < -0.39 is 0 Å². The Morgan fingerprint density at radius 2 is 1.77 bits per heavy atom. The predicted octanol–water partition coefficient (Wildman–Crippen LogP) is 6.29. The largest absolute Gasteiger partial charge is 0.381 e. The number of hydrogen-bond acceptors (Lipinski definition) is 3. The van der Waals surface area contributed by atoms with Gasteiger partial charge in [0.1, 0.15) is 5.82 Å². The van der Waals surface area contributed by atoms with Crippen LogP contribution in [0, 0.1) is 19.7 Å². The van der Waals surface area contributed by atoms with Crippen molar-refractivity contribution in [2.75, 3.05) is 13.2 Å². The van der Waals surface area contributed by atoms with Crippen LogP contribution in [-0.4, -0.2) is 18.2 Å². The van der Waals surface area contributed by atoms with Crippen molar-refractivity contribution in [1.29, 1.82) is 0 Å². The van der Waals surface area contributed by atoms with Crippen LogP contribution in [0.4, 0.5) is 4.39 Å². The Balaban J connectivity index is 0.000000388. The van der Waals surface area contributed by atoms with Crippen LogP contribution in [0.2, 0.25) is 0 Å². The maximum absolute atomic E-state index is 13.0. The average Bonchev–Trinajstić information content (AvgIpc) is 2.92. The lowest BCUT2D eigenvalue weighted by atomic mass is 10.2. The summed E-state index contributed by atoms with van der Waals surface area (Å²) in [6.07, 6.45) is 3.59. The fraction of sp³-hybridized carbons (Fsp3) is 0.611. The number of unbranched alkanes of at least 4 members (excludes halogenated alkanes) is 1. The molecule has 2 nitrogen and oxygen atoms in total. The van der Waals surface area contributed by atoms with Crippen molar-refractivity contribution < 1.29 is 9.13 Å². The van der Waals surface area contributed by atoms with E-state index >= 15 is 0 Å². The second-order valence-corrected chi connectivity index (χ2v) is 5.95. The molecule has 1 heterocycles. The summed E-state index contributed by atoms with van der Waals surface area (Å²) in [6.45, 7) is 13.9. The van der Waals surface area contributed by atoms with Crippen LogP contribution in [0.5, 0.6) is 0 Å². The Morgan fingerprint density at radius 1 is 1.09 bits per heavy atom. The third-order valence-corrected chi connectivity index (χ3v) is 3.78. The van der Waals surface area contributed by atoms with E-state index in [4.69, 9.17) is 4.74 Å². The van der Waals surface area contributed by atoms with E-state index in [1.807, 2.05) is 20.8 Å². The fourth-order valence-electron chi connectivity index (χ4n) is 1.70. The van der Waals surface area contributed by atoms with E-state index in [0.29, 0.717) is 5.56 Å². The molecule has 2 rings (SSSR count). The fourth-order valence-corrected chi connectivity index (χ4v) is 2.59. The number of aryl methyl sites for hydroxylation is 2. The smallest absolute Gasteiger partial charge is 0.128 e. The number of halogens is 1. The highest BCUT2D eigenvalue weighted by Crippen LogP contribution is 2.25. The lowest BCUT2D eigenvalue weighted by molar-refractivity contribution is 0.132. The summed E-state index contributed by atoms with van der Waals surface area (Å²) in [6, 6.07) is 3.28. The number of rotatable bonds is 5. The lowest BCUT2D eigenvalue weighted by Gasteiger charge is -1.97. The van der Waals surface area contributed by atoms with E-state index in [1.54, 1.807) is 24.3 Å². The molecule has 0 saturated carbocycles. The van der Waals surface area contributed by atoms with Crippen LogP contribution in [0.25, 0.3) is 10.2 Å². The van der Waals surface area contributed by atoms with Gasteiger partial charge in [-0.15, -0.1) is 11.3 Å². The Bertz CT molecular complexity index is 519. The number of aromatic nitrogens is 1. The average molecular weight is 328 g/mol. The Kier molecular flexibility index (Phi) is 12.0. The molecule has 126 valence electrons. The van der Waals surface area contributed by atoms with Crippen molar-refractivity contribution in [2.24, 2.45) is 0 Å². The molecule has 2 aromatic rings. The van der Waals surface area contributed by atoms with E-state index in [0.717, 1.165) is 34.9 Å². The highest BCUT2D eigenvalue weighted by atomic mass is 32.1. The third-order valence-electron chi connectivity index (χ3n) is 2.85. The Labute approximate surface area is 138 Å². The molecule has 0 aliphatic heterocycles. The van der Waals surface area contributed by atoms with Gasteiger partial charge >= 0.3 is 0 Å². The first-order valence-electron chi connectivity index (χ1n) is 8.20. The quantitative estimate of drug-likeness (QED) is 0.602. The molecule has 4 heteroatoms. The second kappa shape index (κ2) is 12.5. The van der Waals surface area contributed by atoms with Gasteiger partial charge in [0.05, 0.1) is 15.2 Å². The van der Waals surface area contributed by atoms with Crippen LogP contribution in [0.3, 0.4) is 0 Å². The molecule has 0 radical (unpaired) electrons. The molecule has 0 fully saturated rings. The molecule has 0 unspecified atom stereocenters. The maximum atomic E-state index is 13.0. The number of thiazole rings is 1. The first kappa shape index (κ1) is 21.0. The van der Waals surface area contributed by atoms with Crippen molar-refractivity contribution in [1.82, 2.24) is 4.98 Å². The Hall–Kier alpha value is -1.00. The molecule has 0 aliphatic carbocycles. The minimum absolute atomic E-state index is 0.173.